The third-order valence-corrected chi connectivity index (χ3v) is 4.37. The summed E-state index contributed by atoms with van der Waals surface area (Å²) in [6, 6.07) is 12.6. The van der Waals surface area contributed by atoms with Crippen LogP contribution in [-0.2, 0) is 11.2 Å². The van der Waals surface area contributed by atoms with E-state index in [9.17, 15) is 13.6 Å². The van der Waals surface area contributed by atoms with Crippen LogP contribution in [0.4, 0.5) is 14.5 Å². The standard InChI is InChI=1S/C20H21F2N3O3/c1-27-17-10-4-7-15(19(17)28-20(21)22)12-23-24-18(26)13-25-11-5-8-14-6-2-3-9-16(14)25/h2-4,6-7,9-10,12,20H,5,8,11,13H2,1H3,(H,24,26)/b23-12-. The molecule has 0 aromatic heterocycles. The van der Waals surface area contributed by atoms with Crippen LogP contribution in [0.15, 0.2) is 47.6 Å². The zero-order chi connectivity index (χ0) is 19.9. The molecule has 0 aliphatic carbocycles. The third-order valence-electron chi connectivity index (χ3n) is 4.37. The van der Waals surface area contributed by atoms with E-state index in [-0.39, 0.29) is 29.5 Å². The van der Waals surface area contributed by atoms with Crippen molar-refractivity contribution in [3.63, 3.8) is 0 Å². The van der Waals surface area contributed by atoms with Crippen molar-refractivity contribution in [2.24, 2.45) is 5.10 Å². The maximum Gasteiger partial charge on any atom is 0.387 e. The molecule has 28 heavy (non-hydrogen) atoms. The molecule has 0 spiro atoms. The smallest absolute Gasteiger partial charge is 0.387 e. The van der Waals surface area contributed by atoms with Crippen LogP contribution in [0.25, 0.3) is 0 Å². The van der Waals surface area contributed by atoms with Crippen molar-refractivity contribution < 1.29 is 23.0 Å². The maximum absolute atomic E-state index is 12.7. The van der Waals surface area contributed by atoms with E-state index in [1.165, 1.54) is 31.0 Å². The molecule has 148 valence electrons. The molecule has 2 aromatic rings. The molecule has 3 rings (SSSR count). The van der Waals surface area contributed by atoms with E-state index >= 15 is 0 Å². The van der Waals surface area contributed by atoms with E-state index in [0.29, 0.717) is 0 Å². The Bertz CT molecular complexity index is 858. The first kappa shape index (κ1) is 19.6. The van der Waals surface area contributed by atoms with Crippen LogP contribution in [0.1, 0.15) is 17.5 Å². The fourth-order valence-corrected chi connectivity index (χ4v) is 3.17. The lowest BCUT2D eigenvalue weighted by Gasteiger charge is -2.30. The Balaban J connectivity index is 1.65. The van der Waals surface area contributed by atoms with Crippen LogP contribution >= 0.6 is 0 Å². The summed E-state index contributed by atoms with van der Waals surface area (Å²) in [4.78, 5) is 14.3. The van der Waals surface area contributed by atoms with Gasteiger partial charge < -0.3 is 14.4 Å². The largest absolute Gasteiger partial charge is 0.493 e. The first-order chi connectivity index (χ1) is 13.6. The van der Waals surface area contributed by atoms with Crippen LogP contribution in [0, 0.1) is 0 Å². The van der Waals surface area contributed by atoms with Gasteiger partial charge in [-0.3, -0.25) is 4.79 Å². The van der Waals surface area contributed by atoms with Crippen LogP contribution in [0.2, 0.25) is 0 Å². The number of methoxy groups -OCH3 is 1. The van der Waals surface area contributed by atoms with E-state index in [1.807, 2.05) is 23.1 Å². The van der Waals surface area contributed by atoms with Gasteiger partial charge in [-0.2, -0.15) is 13.9 Å². The van der Waals surface area contributed by atoms with Gasteiger partial charge in [-0.25, -0.2) is 5.43 Å². The first-order valence-electron chi connectivity index (χ1n) is 8.85. The van der Waals surface area contributed by atoms with Crippen LogP contribution < -0.4 is 19.8 Å². The highest BCUT2D eigenvalue weighted by Crippen LogP contribution is 2.31. The predicted molar refractivity (Wildman–Crippen MR) is 102 cm³/mol. The van der Waals surface area contributed by atoms with Crippen molar-refractivity contribution in [1.82, 2.24) is 5.43 Å². The fraction of sp³-hybridized carbons (Fsp3) is 0.300. The highest BCUT2D eigenvalue weighted by atomic mass is 19.3. The van der Waals surface area contributed by atoms with Gasteiger partial charge in [-0.15, -0.1) is 0 Å². The van der Waals surface area contributed by atoms with Crippen LogP contribution in [0.5, 0.6) is 11.5 Å². The second-order valence-corrected chi connectivity index (χ2v) is 6.20. The van der Waals surface area contributed by atoms with E-state index in [0.717, 1.165) is 25.1 Å². The van der Waals surface area contributed by atoms with Gasteiger partial charge in [-0.1, -0.05) is 24.3 Å². The molecular weight excluding hydrogens is 368 g/mol. The van der Waals surface area contributed by atoms with Gasteiger partial charge in [0.2, 0.25) is 0 Å². The van der Waals surface area contributed by atoms with E-state index in [1.54, 1.807) is 6.07 Å². The van der Waals surface area contributed by atoms with E-state index < -0.39 is 6.61 Å². The lowest BCUT2D eigenvalue weighted by atomic mass is 10.0. The van der Waals surface area contributed by atoms with Crippen molar-refractivity contribution in [3.05, 3.63) is 53.6 Å². The second kappa shape index (κ2) is 9.16. The quantitative estimate of drug-likeness (QED) is 0.584. The molecule has 0 radical (unpaired) electrons. The number of hydrazone groups is 1. The molecule has 8 heteroatoms. The second-order valence-electron chi connectivity index (χ2n) is 6.20. The minimum atomic E-state index is -3.00. The van der Waals surface area contributed by atoms with E-state index in [4.69, 9.17) is 4.74 Å². The summed E-state index contributed by atoms with van der Waals surface area (Å²) in [6.45, 7) is -2.05. The average molecular weight is 389 g/mol. The molecule has 2 aromatic carbocycles. The number of rotatable bonds is 7. The number of carbonyl (C=O) groups excluding carboxylic acids is 1. The SMILES string of the molecule is COc1cccc(/C=N\NC(=O)CN2CCCc3ccccc32)c1OC(F)F. The number of benzene rings is 2. The molecule has 0 atom stereocenters. The number of amides is 1. The van der Waals surface area contributed by atoms with E-state index in [2.05, 4.69) is 21.3 Å². The number of anilines is 1. The third kappa shape index (κ3) is 4.76. The highest BCUT2D eigenvalue weighted by molar-refractivity contribution is 5.87. The minimum Gasteiger partial charge on any atom is -0.493 e. The Morgan fingerprint density at radius 1 is 1.29 bits per heavy atom. The number of nitrogens with one attached hydrogen (secondary N) is 1. The van der Waals surface area contributed by atoms with Crippen molar-refractivity contribution in [2.75, 3.05) is 25.1 Å². The summed E-state index contributed by atoms with van der Waals surface area (Å²) < 4.78 is 34.9. The Morgan fingerprint density at radius 3 is 2.89 bits per heavy atom. The number of hydrogen-bond donors (Lipinski definition) is 1. The van der Waals surface area contributed by atoms with Crippen LogP contribution in [0.3, 0.4) is 0 Å². The monoisotopic (exact) mass is 389 g/mol. The Kier molecular flexibility index (Phi) is 6.41. The summed E-state index contributed by atoms with van der Waals surface area (Å²) in [5.41, 5.74) is 4.97. The molecule has 1 aliphatic rings. The molecule has 1 heterocycles. The topological polar surface area (TPSA) is 63.2 Å². The van der Waals surface area contributed by atoms with Crippen molar-refractivity contribution >= 4 is 17.8 Å². The Hall–Kier alpha value is -3.16. The molecule has 1 N–H and O–H groups in total. The highest BCUT2D eigenvalue weighted by Gasteiger charge is 2.18. The van der Waals surface area contributed by atoms with Crippen molar-refractivity contribution in [2.45, 2.75) is 19.5 Å². The molecule has 6 nitrogen and oxygen atoms in total. The fourth-order valence-electron chi connectivity index (χ4n) is 3.17. The molecule has 0 unspecified atom stereocenters. The summed E-state index contributed by atoms with van der Waals surface area (Å²) >= 11 is 0. The number of nitrogens with zero attached hydrogens (tertiary/aromatic N) is 2. The summed E-state index contributed by atoms with van der Waals surface area (Å²) in [5, 5.41) is 3.87. The summed E-state index contributed by atoms with van der Waals surface area (Å²) in [5.74, 6) is -0.282. The Labute approximate surface area is 161 Å². The normalized spacial score (nSPS) is 13.5. The number of para-hydroxylation sites is 2. The van der Waals surface area contributed by atoms with Gasteiger partial charge in [0.15, 0.2) is 11.5 Å². The lowest BCUT2D eigenvalue weighted by molar-refractivity contribution is -0.119. The predicted octanol–water partition coefficient (Wildman–Crippen LogP) is 3.20. The van der Waals surface area contributed by atoms with Crippen LogP contribution in [-0.4, -0.2) is 38.9 Å². The molecule has 0 fully saturated rings. The maximum atomic E-state index is 12.7. The zero-order valence-corrected chi connectivity index (χ0v) is 15.4. The molecule has 0 saturated carbocycles. The molecule has 0 bridgehead atoms. The zero-order valence-electron chi connectivity index (χ0n) is 15.4. The molecule has 1 amide bonds. The van der Waals surface area contributed by atoms with Gasteiger partial charge in [-0.05, 0) is 36.6 Å². The summed E-state index contributed by atoms with van der Waals surface area (Å²) in [6.07, 6.45) is 3.23. The van der Waals surface area contributed by atoms with Gasteiger partial charge in [0, 0.05) is 17.8 Å². The summed E-state index contributed by atoms with van der Waals surface area (Å²) in [7, 11) is 1.35. The molecule has 0 saturated heterocycles. The van der Waals surface area contributed by atoms with Gasteiger partial charge in [0.05, 0.1) is 19.9 Å². The molecule has 1 aliphatic heterocycles. The van der Waals surface area contributed by atoms with Gasteiger partial charge in [0.25, 0.3) is 5.91 Å². The van der Waals surface area contributed by atoms with Crippen molar-refractivity contribution in [3.8, 4) is 11.5 Å². The number of hydrogen-bond acceptors (Lipinski definition) is 5. The number of ether oxygens (including phenoxy) is 2. The number of carbonyl (C=O) groups is 1. The minimum absolute atomic E-state index is 0.136. The first-order valence-corrected chi connectivity index (χ1v) is 8.85. The average Bonchev–Trinajstić information content (AvgIpc) is 2.69. The Morgan fingerprint density at radius 2 is 2.11 bits per heavy atom. The number of aryl methyl sites for hydroxylation is 1. The van der Waals surface area contributed by atoms with Gasteiger partial charge >= 0.3 is 6.61 Å². The number of fused-ring (bicyclic) bond motifs is 1. The number of halogens is 2. The van der Waals surface area contributed by atoms with Crippen molar-refractivity contribution in [1.29, 1.82) is 0 Å². The lowest BCUT2D eigenvalue weighted by Crippen LogP contribution is -2.38. The number of alkyl halides is 2. The van der Waals surface area contributed by atoms with Gasteiger partial charge in [0.1, 0.15) is 0 Å². The molecular formula is C20H21F2N3O3.